The van der Waals surface area contributed by atoms with Crippen LogP contribution in [0.3, 0.4) is 0 Å². The molecule has 5 nitrogen and oxygen atoms in total. The quantitative estimate of drug-likeness (QED) is 0.548. The highest BCUT2D eigenvalue weighted by Gasteiger charge is 2.24. The molecule has 1 aliphatic carbocycles. The Kier molecular flexibility index (Phi) is 4.66. The van der Waals surface area contributed by atoms with Gasteiger partial charge in [0.1, 0.15) is 5.69 Å². The Morgan fingerprint density at radius 2 is 1.89 bits per heavy atom. The molecule has 27 heavy (non-hydrogen) atoms. The van der Waals surface area contributed by atoms with E-state index in [4.69, 9.17) is 0 Å². The van der Waals surface area contributed by atoms with Crippen LogP contribution in [0.25, 0.3) is 17.3 Å². The smallest absolute Gasteiger partial charge is 0.272 e. The highest BCUT2D eigenvalue weighted by atomic mass is 16.2. The standard InChI is InChI=1S/C22H20N4O/c1-15(13-16-7-3-2-4-8-16)14-23-26-22(27)21-19-12-11-17-9-5-6-10-18(17)20(19)24-25-21/h2-10,13-14H,11-12H2,1H3,(H,24,25)(H,26,27)/b15-13+,23-14-. The molecule has 0 aliphatic heterocycles. The fraction of sp³-hybridized carbons (Fsp3) is 0.136. The average Bonchev–Trinajstić information content (AvgIpc) is 3.13. The van der Waals surface area contributed by atoms with Crippen molar-refractivity contribution in [1.29, 1.82) is 0 Å². The third kappa shape index (κ3) is 3.58. The molecular weight excluding hydrogens is 336 g/mol. The Morgan fingerprint density at radius 3 is 2.74 bits per heavy atom. The van der Waals surface area contributed by atoms with Crippen LogP contribution >= 0.6 is 0 Å². The first-order valence-electron chi connectivity index (χ1n) is 8.94. The summed E-state index contributed by atoms with van der Waals surface area (Å²) < 4.78 is 0. The van der Waals surface area contributed by atoms with Gasteiger partial charge in [0.05, 0.1) is 11.9 Å². The summed E-state index contributed by atoms with van der Waals surface area (Å²) in [6, 6.07) is 18.2. The van der Waals surface area contributed by atoms with Gasteiger partial charge in [0.15, 0.2) is 0 Å². The molecule has 1 aromatic heterocycles. The monoisotopic (exact) mass is 356 g/mol. The molecule has 4 rings (SSSR count). The van der Waals surface area contributed by atoms with E-state index in [1.165, 1.54) is 5.56 Å². The van der Waals surface area contributed by atoms with Gasteiger partial charge in [-0.3, -0.25) is 9.89 Å². The molecule has 5 heteroatoms. The van der Waals surface area contributed by atoms with Gasteiger partial charge in [0, 0.05) is 11.1 Å². The molecule has 3 aromatic rings. The van der Waals surface area contributed by atoms with Gasteiger partial charge in [0.2, 0.25) is 0 Å². The molecule has 0 spiro atoms. The first-order valence-corrected chi connectivity index (χ1v) is 8.94. The summed E-state index contributed by atoms with van der Waals surface area (Å²) in [5, 5.41) is 11.3. The normalized spacial score (nSPS) is 13.3. The Bertz CT molecular complexity index is 1030. The second-order valence-electron chi connectivity index (χ2n) is 6.58. The van der Waals surface area contributed by atoms with Crippen LogP contribution in [-0.4, -0.2) is 22.3 Å². The Morgan fingerprint density at radius 1 is 1.11 bits per heavy atom. The summed E-state index contributed by atoms with van der Waals surface area (Å²) in [6.07, 6.45) is 5.35. The van der Waals surface area contributed by atoms with Gasteiger partial charge in [-0.25, -0.2) is 5.43 Å². The molecular formula is C22H20N4O. The molecule has 0 unspecified atom stereocenters. The molecule has 2 aromatic carbocycles. The summed E-state index contributed by atoms with van der Waals surface area (Å²) >= 11 is 0. The van der Waals surface area contributed by atoms with E-state index in [2.05, 4.69) is 26.8 Å². The number of carbonyl (C=O) groups excluding carboxylic acids is 1. The first-order chi connectivity index (χ1) is 13.2. The fourth-order valence-electron chi connectivity index (χ4n) is 3.35. The number of allylic oxidation sites excluding steroid dienone is 1. The summed E-state index contributed by atoms with van der Waals surface area (Å²) in [5.41, 5.74) is 9.31. The van der Waals surface area contributed by atoms with Crippen LogP contribution in [0.4, 0.5) is 0 Å². The molecule has 0 radical (unpaired) electrons. The van der Waals surface area contributed by atoms with Gasteiger partial charge in [-0.2, -0.15) is 10.2 Å². The van der Waals surface area contributed by atoms with Crippen molar-refractivity contribution >= 4 is 18.2 Å². The van der Waals surface area contributed by atoms with Gasteiger partial charge < -0.3 is 0 Å². The van der Waals surface area contributed by atoms with Crippen molar-refractivity contribution in [3.8, 4) is 11.3 Å². The highest BCUT2D eigenvalue weighted by Crippen LogP contribution is 2.33. The van der Waals surface area contributed by atoms with Crippen molar-refractivity contribution in [3.05, 3.63) is 82.6 Å². The molecule has 0 saturated heterocycles. The molecule has 1 aliphatic rings. The Hall–Kier alpha value is -3.47. The predicted molar refractivity (Wildman–Crippen MR) is 107 cm³/mol. The van der Waals surface area contributed by atoms with Gasteiger partial charge in [-0.15, -0.1) is 0 Å². The fourth-order valence-corrected chi connectivity index (χ4v) is 3.35. The topological polar surface area (TPSA) is 70.1 Å². The number of fused-ring (bicyclic) bond motifs is 3. The maximum atomic E-state index is 12.5. The number of hydrazone groups is 1. The number of hydrogen-bond donors (Lipinski definition) is 2. The number of amides is 1. The van der Waals surface area contributed by atoms with Crippen molar-refractivity contribution in [2.75, 3.05) is 0 Å². The van der Waals surface area contributed by atoms with E-state index in [9.17, 15) is 4.79 Å². The van der Waals surface area contributed by atoms with Crippen molar-refractivity contribution in [3.63, 3.8) is 0 Å². The van der Waals surface area contributed by atoms with Gasteiger partial charge in [-0.05, 0) is 36.5 Å². The lowest BCUT2D eigenvalue weighted by molar-refractivity contribution is 0.0949. The third-order valence-corrected chi connectivity index (χ3v) is 4.64. The lowest BCUT2D eigenvalue weighted by Gasteiger charge is -2.15. The molecule has 1 heterocycles. The van der Waals surface area contributed by atoms with Crippen molar-refractivity contribution in [1.82, 2.24) is 15.6 Å². The third-order valence-electron chi connectivity index (χ3n) is 4.64. The van der Waals surface area contributed by atoms with E-state index in [0.29, 0.717) is 5.69 Å². The highest BCUT2D eigenvalue weighted by molar-refractivity contribution is 5.96. The van der Waals surface area contributed by atoms with Crippen molar-refractivity contribution in [2.24, 2.45) is 5.10 Å². The SMILES string of the molecule is CC(/C=N\NC(=O)c1[nH]nc2c1CCc1ccccc1-2)=C\c1ccccc1. The van der Waals surface area contributed by atoms with Gasteiger partial charge in [0.25, 0.3) is 5.91 Å². The minimum atomic E-state index is -0.271. The number of H-pyrrole nitrogens is 1. The summed E-state index contributed by atoms with van der Waals surface area (Å²) in [6.45, 7) is 1.94. The number of hydrogen-bond acceptors (Lipinski definition) is 3. The van der Waals surface area contributed by atoms with Crippen molar-refractivity contribution < 1.29 is 4.79 Å². The van der Waals surface area contributed by atoms with E-state index >= 15 is 0 Å². The molecule has 2 N–H and O–H groups in total. The molecule has 0 atom stereocenters. The van der Waals surface area contributed by atoms with Gasteiger partial charge >= 0.3 is 0 Å². The average molecular weight is 356 g/mol. The summed E-state index contributed by atoms with van der Waals surface area (Å²) in [5.74, 6) is -0.271. The van der Waals surface area contributed by atoms with E-state index in [1.807, 2.05) is 61.5 Å². The van der Waals surface area contributed by atoms with Gasteiger partial charge in [-0.1, -0.05) is 60.7 Å². The van der Waals surface area contributed by atoms with Crippen LogP contribution in [0.1, 0.15) is 34.1 Å². The number of rotatable bonds is 4. The largest absolute Gasteiger partial charge is 0.289 e. The predicted octanol–water partition coefficient (Wildman–Crippen LogP) is 3.99. The minimum Gasteiger partial charge on any atom is -0.272 e. The van der Waals surface area contributed by atoms with Crippen LogP contribution in [0.5, 0.6) is 0 Å². The van der Waals surface area contributed by atoms with E-state index in [0.717, 1.165) is 40.8 Å². The number of aryl methyl sites for hydroxylation is 1. The molecule has 0 saturated carbocycles. The zero-order valence-electron chi connectivity index (χ0n) is 15.1. The lowest BCUT2D eigenvalue weighted by Crippen LogP contribution is -2.20. The minimum absolute atomic E-state index is 0.271. The van der Waals surface area contributed by atoms with Crippen LogP contribution < -0.4 is 5.43 Å². The summed E-state index contributed by atoms with van der Waals surface area (Å²) in [7, 11) is 0. The van der Waals surface area contributed by atoms with Crippen LogP contribution in [-0.2, 0) is 12.8 Å². The van der Waals surface area contributed by atoms with E-state index in [1.54, 1.807) is 6.21 Å². The zero-order valence-corrected chi connectivity index (χ0v) is 15.1. The number of benzene rings is 2. The second-order valence-corrected chi connectivity index (χ2v) is 6.58. The second kappa shape index (κ2) is 7.41. The Labute approximate surface area is 157 Å². The first kappa shape index (κ1) is 17.0. The van der Waals surface area contributed by atoms with E-state index in [-0.39, 0.29) is 5.91 Å². The van der Waals surface area contributed by atoms with E-state index < -0.39 is 0 Å². The summed E-state index contributed by atoms with van der Waals surface area (Å²) in [4.78, 5) is 12.5. The van der Waals surface area contributed by atoms with Crippen molar-refractivity contribution in [2.45, 2.75) is 19.8 Å². The molecule has 0 fully saturated rings. The Balaban J connectivity index is 1.47. The van der Waals surface area contributed by atoms with Crippen LogP contribution in [0.15, 0.2) is 65.3 Å². The maximum Gasteiger partial charge on any atom is 0.289 e. The number of nitrogens with one attached hydrogen (secondary N) is 2. The molecule has 0 bridgehead atoms. The number of carbonyl (C=O) groups is 1. The molecule has 134 valence electrons. The number of aromatic nitrogens is 2. The zero-order chi connectivity index (χ0) is 18.6. The maximum absolute atomic E-state index is 12.5. The van der Waals surface area contributed by atoms with Crippen LogP contribution in [0, 0.1) is 0 Å². The molecule has 1 amide bonds. The number of nitrogens with zero attached hydrogens (tertiary/aromatic N) is 2. The number of aromatic amines is 1. The lowest BCUT2D eigenvalue weighted by atomic mass is 9.89. The van der Waals surface area contributed by atoms with Crippen LogP contribution in [0.2, 0.25) is 0 Å².